The summed E-state index contributed by atoms with van der Waals surface area (Å²) < 4.78 is 27.5. The molecule has 0 aliphatic carbocycles. The molecular formula is C20H27N3O2S. The van der Waals surface area contributed by atoms with Crippen LogP contribution >= 0.6 is 0 Å². The molecule has 26 heavy (non-hydrogen) atoms. The van der Waals surface area contributed by atoms with Gasteiger partial charge in [-0.05, 0) is 49.2 Å². The zero-order valence-electron chi connectivity index (χ0n) is 15.3. The van der Waals surface area contributed by atoms with Crippen molar-refractivity contribution in [1.82, 2.24) is 9.21 Å². The Balaban J connectivity index is 1.60. The summed E-state index contributed by atoms with van der Waals surface area (Å²) in [7, 11) is -1.60. The van der Waals surface area contributed by atoms with Crippen molar-refractivity contribution in [1.29, 1.82) is 0 Å². The molecule has 5 nitrogen and oxygen atoms in total. The number of sulfonamides is 1. The maximum Gasteiger partial charge on any atom is 0.243 e. The monoisotopic (exact) mass is 373 g/mol. The number of benzene rings is 2. The smallest absolute Gasteiger partial charge is 0.243 e. The van der Waals surface area contributed by atoms with Crippen LogP contribution in [0.3, 0.4) is 0 Å². The second-order valence-corrected chi connectivity index (χ2v) is 8.55. The fraction of sp³-hybridized carbons (Fsp3) is 0.400. The minimum absolute atomic E-state index is 0.370. The molecule has 1 N–H and O–H groups in total. The largest absolute Gasteiger partial charge is 0.388 e. The summed E-state index contributed by atoms with van der Waals surface area (Å²) in [6.07, 6.45) is 1.86. The number of hydrogen-bond donors (Lipinski definition) is 1. The van der Waals surface area contributed by atoms with Crippen molar-refractivity contribution in [3.05, 3.63) is 60.2 Å². The molecule has 0 radical (unpaired) electrons. The van der Waals surface area contributed by atoms with Crippen molar-refractivity contribution >= 4 is 15.7 Å². The van der Waals surface area contributed by atoms with Gasteiger partial charge in [-0.1, -0.05) is 30.3 Å². The van der Waals surface area contributed by atoms with E-state index in [2.05, 4.69) is 34.5 Å². The molecular weight excluding hydrogens is 346 g/mol. The molecule has 0 atom stereocenters. The second kappa shape index (κ2) is 8.66. The second-order valence-electron chi connectivity index (χ2n) is 6.61. The van der Waals surface area contributed by atoms with Crippen LogP contribution in [0.4, 0.5) is 5.69 Å². The molecule has 0 amide bonds. The van der Waals surface area contributed by atoms with Crippen LogP contribution in [0.1, 0.15) is 12.0 Å². The third-order valence-electron chi connectivity index (χ3n) is 4.89. The van der Waals surface area contributed by atoms with Gasteiger partial charge in [0.15, 0.2) is 0 Å². The summed E-state index contributed by atoms with van der Waals surface area (Å²) in [5, 5.41) is 3.01. The van der Waals surface area contributed by atoms with E-state index in [1.807, 2.05) is 13.1 Å². The lowest BCUT2D eigenvalue weighted by molar-refractivity contribution is 0.290. The van der Waals surface area contributed by atoms with Gasteiger partial charge in [0.05, 0.1) is 4.90 Å². The van der Waals surface area contributed by atoms with Crippen LogP contribution in [-0.2, 0) is 16.4 Å². The third-order valence-corrected chi connectivity index (χ3v) is 6.80. The van der Waals surface area contributed by atoms with Gasteiger partial charge in [0.2, 0.25) is 10.0 Å². The molecule has 1 fully saturated rings. The summed E-state index contributed by atoms with van der Waals surface area (Å²) in [4.78, 5) is 2.74. The van der Waals surface area contributed by atoms with Crippen molar-refractivity contribution in [2.24, 2.45) is 0 Å². The first kappa shape index (κ1) is 18.9. The van der Waals surface area contributed by atoms with Gasteiger partial charge in [0.25, 0.3) is 0 Å². The summed E-state index contributed by atoms with van der Waals surface area (Å²) in [6, 6.07) is 17.4. The molecule has 1 aliphatic heterocycles. The Kier molecular flexibility index (Phi) is 6.29. The average Bonchev–Trinajstić information content (AvgIpc) is 2.93. The van der Waals surface area contributed by atoms with Crippen molar-refractivity contribution in [2.75, 3.05) is 45.1 Å². The minimum Gasteiger partial charge on any atom is -0.388 e. The fourth-order valence-corrected chi connectivity index (χ4v) is 4.76. The van der Waals surface area contributed by atoms with E-state index in [9.17, 15) is 8.42 Å². The number of hydrogen-bond acceptors (Lipinski definition) is 4. The lowest BCUT2D eigenvalue weighted by atomic mass is 10.1. The highest BCUT2D eigenvalue weighted by atomic mass is 32.2. The van der Waals surface area contributed by atoms with E-state index in [1.165, 1.54) is 5.56 Å². The number of anilines is 1. The predicted molar refractivity (Wildman–Crippen MR) is 106 cm³/mol. The van der Waals surface area contributed by atoms with E-state index >= 15 is 0 Å². The standard InChI is InChI=1S/C20H27N3O2S/c1-21-19-8-10-20(11-9-19)26(24,25)23-14-5-13-22(16-17-23)15-12-18-6-3-2-4-7-18/h2-4,6-11,21H,5,12-17H2,1H3. The molecule has 0 unspecified atom stereocenters. The molecule has 1 saturated heterocycles. The van der Waals surface area contributed by atoms with Gasteiger partial charge in [-0.25, -0.2) is 8.42 Å². The molecule has 140 valence electrons. The van der Waals surface area contributed by atoms with E-state index in [-0.39, 0.29) is 0 Å². The Morgan fingerprint density at radius 1 is 0.923 bits per heavy atom. The lowest BCUT2D eigenvalue weighted by Crippen LogP contribution is -2.35. The van der Waals surface area contributed by atoms with Gasteiger partial charge >= 0.3 is 0 Å². The Hall–Kier alpha value is -1.89. The molecule has 0 bridgehead atoms. The Morgan fingerprint density at radius 2 is 1.65 bits per heavy atom. The first-order valence-corrected chi connectivity index (χ1v) is 10.6. The van der Waals surface area contributed by atoms with Crippen LogP contribution in [-0.4, -0.2) is 57.4 Å². The zero-order chi connectivity index (χ0) is 18.4. The van der Waals surface area contributed by atoms with E-state index < -0.39 is 10.0 Å². The van der Waals surface area contributed by atoms with Crippen molar-refractivity contribution in [2.45, 2.75) is 17.7 Å². The normalized spacial score (nSPS) is 17.0. The van der Waals surface area contributed by atoms with Crippen LogP contribution in [0.25, 0.3) is 0 Å². The topological polar surface area (TPSA) is 52.7 Å². The van der Waals surface area contributed by atoms with E-state index in [0.29, 0.717) is 18.0 Å². The molecule has 1 aliphatic rings. The quantitative estimate of drug-likeness (QED) is 0.846. The van der Waals surface area contributed by atoms with Gasteiger partial charge < -0.3 is 10.2 Å². The zero-order valence-corrected chi connectivity index (χ0v) is 16.1. The summed E-state index contributed by atoms with van der Waals surface area (Å²) in [6.45, 7) is 3.82. The first-order valence-electron chi connectivity index (χ1n) is 9.14. The number of nitrogens with one attached hydrogen (secondary N) is 1. The maximum atomic E-state index is 12.9. The van der Waals surface area contributed by atoms with Crippen LogP contribution in [0.2, 0.25) is 0 Å². The minimum atomic E-state index is -3.42. The maximum absolute atomic E-state index is 12.9. The van der Waals surface area contributed by atoms with Gasteiger partial charge in [-0.2, -0.15) is 4.31 Å². The van der Waals surface area contributed by atoms with Crippen molar-refractivity contribution in [3.63, 3.8) is 0 Å². The molecule has 0 saturated carbocycles. The first-order chi connectivity index (χ1) is 12.6. The van der Waals surface area contributed by atoms with Crippen molar-refractivity contribution < 1.29 is 8.42 Å². The number of nitrogens with zero attached hydrogens (tertiary/aromatic N) is 2. The van der Waals surface area contributed by atoms with Crippen LogP contribution in [0.5, 0.6) is 0 Å². The van der Waals surface area contributed by atoms with Gasteiger partial charge in [0, 0.05) is 38.9 Å². The Bertz CT molecular complexity index is 792. The van der Waals surface area contributed by atoms with Gasteiger partial charge in [-0.3, -0.25) is 0 Å². The number of rotatable bonds is 6. The Morgan fingerprint density at radius 3 is 2.35 bits per heavy atom. The average molecular weight is 374 g/mol. The molecule has 1 heterocycles. The molecule has 3 rings (SSSR count). The van der Waals surface area contributed by atoms with Crippen LogP contribution < -0.4 is 5.32 Å². The predicted octanol–water partition coefficient (Wildman–Crippen LogP) is 2.67. The van der Waals surface area contributed by atoms with Gasteiger partial charge in [0.1, 0.15) is 0 Å². The SMILES string of the molecule is CNc1ccc(S(=O)(=O)N2CCCN(CCc3ccccc3)CC2)cc1. The van der Waals surface area contributed by atoms with Gasteiger partial charge in [-0.15, -0.1) is 0 Å². The summed E-state index contributed by atoms with van der Waals surface area (Å²) in [5.74, 6) is 0. The third kappa shape index (κ3) is 4.63. The molecule has 6 heteroatoms. The molecule has 0 spiro atoms. The molecule has 2 aromatic carbocycles. The van der Waals surface area contributed by atoms with Crippen LogP contribution in [0.15, 0.2) is 59.5 Å². The lowest BCUT2D eigenvalue weighted by Gasteiger charge is -2.22. The highest BCUT2D eigenvalue weighted by Gasteiger charge is 2.26. The Labute approximate surface area is 156 Å². The van der Waals surface area contributed by atoms with E-state index in [1.54, 1.807) is 28.6 Å². The fourth-order valence-electron chi connectivity index (χ4n) is 3.29. The summed E-state index contributed by atoms with van der Waals surface area (Å²) >= 11 is 0. The highest BCUT2D eigenvalue weighted by Crippen LogP contribution is 2.20. The summed E-state index contributed by atoms with van der Waals surface area (Å²) in [5.41, 5.74) is 2.23. The van der Waals surface area contributed by atoms with Crippen LogP contribution in [0, 0.1) is 0 Å². The highest BCUT2D eigenvalue weighted by molar-refractivity contribution is 7.89. The van der Waals surface area contributed by atoms with E-state index in [4.69, 9.17) is 0 Å². The molecule has 0 aromatic heterocycles. The van der Waals surface area contributed by atoms with E-state index in [0.717, 1.165) is 38.2 Å². The molecule has 2 aromatic rings. The van der Waals surface area contributed by atoms with Crippen molar-refractivity contribution in [3.8, 4) is 0 Å².